The van der Waals surface area contributed by atoms with Crippen LogP contribution in [-0.4, -0.2) is 53.2 Å². The molecule has 0 aliphatic heterocycles. The predicted octanol–water partition coefficient (Wildman–Crippen LogP) is 2.86. The summed E-state index contributed by atoms with van der Waals surface area (Å²) in [6.07, 6.45) is 2.24. The lowest BCUT2D eigenvalue weighted by Crippen LogP contribution is -2.28. The zero-order valence-electron chi connectivity index (χ0n) is 18.6. The second-order valence-corrected chi connectivity index (χ2v) is 11.2. The Morgan fingerprint density at radius 2 is 1.79 bits per heavy atom. The first-order chi connectivity index (χ1) is 15.9. The number of aromatic nitrogens is 3. The van der Waals surface area contributed by atoms with Crippen molar-refractivity contribution in [3.05, 3.63) is 71.5 Å². The molecule has 0 radical (unpaired) electrons. The number of hydrogen-bond donors (Lipinski definition) is 1. The van der Waals surface area contributed by atoms with E-state index in [4.69, 9.17) is 0 Å². The molecule has 0 atom stereocenters. The molecule has 8 nitrogen and oxygen atoms in total. The third kappa shape index (κ3) is 5.63. The van der Waals surface area contributed by atoms with Gasteiger partial charge in [0.25, 0.3) is 0 Å². The fourth-order valence-corrected chi connectivity index (χ4v) is 5.33. The van der Waals surface area contributed by atoms with Gasteiger partial charge in [-0.1, -0.05) is 60.3 Å². The van der Waals surface area contributed by atoms with Crippen LogP contribution < -0.4 is 5.32 Å². The van der Waals surface area contributed by atoms with E-state index < -0.39 is 10.0 Å². The summed E-state index contributed by atoms with van der Waals surface area (Å²) in [5.74, 6) is 1.39. The van der Waals surface area contributed by atoms with Crippen molar-refractivity contribution in [2.24, 2.45) is 0 Å². The van der Waals surface area contributed by atoms with Gasteiger partial charge in [-0.2, -0.15) is 0 Å². The SMILES string of the molecule is CN(C)S(=O)(=O)c1ccccc1CNC(=O)CSc1nnc(C2CC2)n1Cc1ccccc1. The molecule has 174 valence electrons. The molecule has 1 N–H and O–H groups in total. The highest BCUT2D eigenvalue weighted by Gasteiger charge is 2.30. The van der Waals surface area contributed by atoms with E-state index in [-0.39, 0.29) is 23.1 Å². The zero-order chi connectivity index (χ0) is 23.4. The van der Waals surface area contributed by atoms with Crippen molar-refractivity contribution in [2.75, 3.05) is 19.8 Å². The minimum atomic E-state index is -3.59. The van der Waals surface area contributed by atoms with Gasteiger partial charge < -0.3 is 9.88 Å². The number of thioether (sulfide) groups is 1. The van der Waals surface area contributed by atoms with E-state index in [0.717, 1.165) is 24.2 Å². The molecule has 1 aromatic heterocycles. The van der Waals surface area contributed by atoms with Crippen molar-refractivity contribution in [1.29, 1.82) is 0 Å². The van der Waals surface area contributed by atoms with Crippen LogP contribution in [-0.2, 0) is 27.9 Å². The molecule has 1 heterocycles. The molecule has 10 heteroatoms. The Balaban J connectivity index is 1.41. The predicted molar refractivity (Wildman–Crippen MR) is 127 cm³/mol. The highest BCUT2D eigenvalue weighted by atomic mass is 32.2. The van der Waals surface area contributed by atoms with Crippen LogP contribution in [0.4, 0.5) is 0 Å². The van der Waals surface area contributed by atoms with Crippen molar-refractivity contribution in [3.63, 3.8) is 0 Å². The van der Waals surface area contributed by atoms with Crippen LogP contribution in [0.3, 0.4) is 0 Å². The molecule has 0 spiro atoms. The normalized spacial score (nSPS) is 13.9. The summed E-state index contributed by atoms with van der Waals surface area (Å²) in [5, 5.41) is 12.3. The van der Waals surface area contributed by atoms with E-state index in [1.54, 1.807) is 24.3 Å². The van der Waals surface area contributed by atoms with Crippen LogP contribution in [0.15, 0.2) is 64.6 Å². The van der Waals surface area contributed by atoms with Crippen molar-refractivity contribution >= 4 is 27.7 Å². The van der Waals surface area contributed by atoms with Gasteiger partial charge in [-0.05, 0) is 30.0 Å². The Bertz CT molecular complexity index is 1220. The molecule has 0 saturated heterocycles. The minimum absolute atomic E-state index is 0.132. The molecule has 1 saturated carbocycles. The number of nitrogens with zero attached hydrogens (tertiary/aromatic N) is 4. The summed E-state index contributed by atoms with van der Waals surface area (Å²) >= 11 is 1.34. The monoisotopic (exact) mass is 485 g/mol. The summed E-state index contributed by atoms with van der Waals surface area (Å²) in [6, 6.07) is 16.8. The van der Waals surface area contributed by atoms with Gasteiger partial charge in [0, 0.05) is 26.6 Å². The molecule has 1 amide bonds. The van der Waals surface area contributed by atoms with Gasteiger partial charge in [-0.3, -0.25) is 4.79 Å². The highest BCUT2D eigenvalue weighted by Crippen LogP contribution is 2.40. The molecule has 1 aliphatic rings. The Labute approximate surface area is 198 Å². The third-order valence-corrected chi connectivity index (χ3v) is 8.29. The van der Waals surface area contributed by atoms with Crippen LogP contribution in [0.1, 0.15) is 35.7 Å². The smallest absolute Gasteiger partial charge is 0.242 e. The largest absolute Gasteiger partial charge is 0.351 e. The Morgan fingerprint density at radius 1 is 1.09 bits per heavy atom. The van der Waals surface area contributed by atoms with Gasteiger partial charge >= 0.3 is 0 Å². The Kier molecular flexibility index (Phi) is 7.16. The fraction of sp³-hybridized carbons (Fsp3) is 0.348. The van der Waals surface area contributed by atoms with E-state index in [1.807, 2.05) is 18.2 Å². The maximum atomic E-state index is 12.6. The van der Waals surface area contributed by atoms with Crippen molar-refractivity contribution in [3.8, 4) is 0 Å². The van der Waals surface area contributed by atoms with Crippen molar-refractivity contribution < 1.29 is 13.2 Å². The number of rotatable bonds is 10. The van der Waals surface area contributed by atoms with Gasteiger partial charge in [0.1, 0.15) is 5.82 Å². The first-order valence-corrected chi connectivity index (χ1v) is 13.2. The van der Waals surface area contributed by atoms with Crippen molar-refractivity contribution in [1.82, 2.24) is 24.4 Å². The average molecular weight is 486 g/mol. The highest BCUT2D eigenvalue weighted by molar-refractivity contribution is 7.99. The van der Waals surface area contributed by atoms with Gasteiger partial charge in [0.15, 0.2) is 5.16 Å². The second kappa shape index (κ2) is 10.1. The molecule has 2 aromatic carbocycles. The zero-order valence-corrected chi connectivity index (χ0v) is 20.3. The summed E-state index contributed by atoms with van der Waals surface area (Å²) in [6.45, 7) is 0.798. The third-order valence-electron chi connectivity index (χ3n) is 5.41. The molecule has 1 fully saturated rings. The number of nitrogens with one attached hydrogen (secondary N) is 1. The quantitative estimate of drug-likeness (QED) is 0.444. The van der Waals surface area contributed by atoms with Gasteiger partial charge in [-0.25, -0.2) is 12.7 Å². The van der Waals surface area contributed by atoms with Gasteiger partial charge in [0.05, 0.1) is 17.2 Å². The topological polar surface area (TPSA) is 97.2 Å². The lowest BCUT2D eigenvalue weighted by atomic mass is 10.2. The van der Waals surface area contributed by atoms with E-state index in [2.05, 4.69) is 32.2 Å². The number of benzene rings is 2. The van der Waals surface area contributed by atoms with Gasteiger partial charge in [-0.15, -0.1) is 10.2 Å². The summed E-state index contributed by atoms with van der Waals surface area (Å²) in [5.41, 5.74) is 1.71. The second-order valence-electron chi connectivity index (χ2n) is 8.15. The lowest BCUT2D eigenvalue weighted by Gasteiger charge is -2.15. The van der Waals surface area contributed by atoms with Crippen LogP contribution >= 0.6 is 11.8 Å². The van der Waals surface area contributed by atoms with E-state index >= 15 is 0 Å². The molecule has 1 aliphatic carbocycles. The molecule has 3 aromatic rings. The number of sulfonamides is 1. The summed E-state index contributed by atoms with van der Waals surface area (Å²) in [7, 11) is -0.613. The maximum Gasteiger partial charge on any atom is 0.242 e. The van der Waals surface area contributed by atoms with E-state index in [0.29, 0.717) is 23.2 Å². The van der Waals surface area contributed by atoms with Crippen LogP contribution in [0.25, 0.3) is 0 Å². The fourth-order valence-electron chi connectivity index (χ4n) is 3.44. The summed E-state index contributed by atoms with van der Waals surface area (Å²) < 4.78 is 28.4. The maximum absolute atomic E-state index is 12.6. The molecule has 4 rings (SSSR count). The molecule has 33 heavy (non-hydrogen) atoms. The summed E-state index contributed by atoms with van der Waals surface area (Å²) in [4.78, 5) is 12.8. The standard InChI is InChI=1S/C23H27N5O3S2/c1-27(2)33(30,31)20-11-7-6-10-19(20)14-24-21(29)16-32-23-26-25-22(18-12-13-18)28(23)15-17-8-4-3-5-9-17/h3-11,18H,12-16H2,1-2H3,(H,24,29). The Morgan fingerprint density at radius 3 is 2.48 bits per heavy atom. The van der Waals surface area contributed by atoms with E-state index in [9.17, 15) is 13.2 Å². The van der Waals surface area contributed by atoms with Crippen LogP contribution in [0, 0.1) is 0 Å². The number of hydrogen-bond acceptors (Lipinski definition) is 6. The molecule has 0 unspecified atom stereocenters. The first kappa shape index (κ1) is 23.5. The minimum Gasteiger partial charge on any atom is -0.351 e. The van der Waals surface area contributed by atoms with Crippen LogP contribution in [0.5, 0.6) is 0 Å². The lowest BCUT2D eigenvalue weighted by molar-refractivity contribution is -0.118. The molecular weight excluding hydrogens is 458 g/mol. The Hall–Kier alpha value is -2.69. The van der Waals surface area contributed by atoms with E-state index in [1.165, 1.54) is 30.2 Å². The first-order valence-electron chi connectivity index (χ1n) is 10.7. The average Bonchev–Trinajstić information content (AvgIpc) is 3.58. The molecule has 0 bridgehead atoms. The number of carbonyl (C=O) groups excluding carboxylic acids is 1. The molecular formula is C23H27N5O3S2. The van der Waals surface area contributed by atoms with Crippen LogP contribution in [0.2, 0.25) is 0 Å². The number of amides is 1. The van der Waals surface area contributed by atoms with Crippen molar-refractivity contribution in [2.45, 2.75) is 41.9 Å². The number of carbonyl (C=O) groups is 1. The van der Waals surface area contributed by atoms with Gasteiger partial charge in [0.2, 0.25) is 15.9 Å².